The van der Waals surface area contributed by atoms with E-state index in [0.717, 1.165) is 11.3 Å². The number of amides is 1. The number of benzene rings is 1. The van der Waals surface area contributed by atoms with E-state index in [1.54, 1.807) is 6.20 Å². The molecule has 2 rings (SSSR count). The minimum atomic E-state index is -0.515. The summed E-state index contributed by atoms with van der Waals surface area (Å²) in [7, 11) is 0. The maximum Gasteiger partial charge on any atom is 0.412 e. The number of ether oxygens (including phenoxy) is 1. The van der Waals surface area contributed by atoms with Crippen LogP contribution in [-0.4, -0.2) is 16.7 Å². The Balaban J connectivity index is 2.05. The number of pyridine rings is 1. The van der Waals surface area contributed by atoms with Crippen molar-refractivity contribution in [3.63, 3.8) is 0 Å². The highest BCUT2D eigenvalue weighted by molar-refractivity contribution is 5.84. The summed E-state index contributed by atoms with van der Waals surface area (Å²) in [5.74, 6) is 0. The third-order valence-electron chi connectivity index (χ3n) is 2.76. The second-order valence-electron chi connectivity index (χ2n) is 5.93. The lowest BCUT2D eigenvalue weighted by molar-refractivity contribution is 0.0636. The normalized spacial score (nSPS) is 11.0. The molecular weight excluding hydrogens is 264 g/mol. The summed E-state index contributed by atoms with van der Waals surface area (Å²) in [6.45, 7) is 7.52. The van der Waals surface area contributed by atoms with Crippen molar-refractivity contribution in [2.45, 2.75) is 33.3 Å². The van der Waals surface area contributed by atoms with Gasteiger partial charge in [-0.25, -0.2) is 4.79 Å². The van der Waals surface area contributed by atoms with Gasteiger partial charge < -0.3 is 4.74 Å². The Morgan fingerprint density at radius 2 is 1.76 bits per heavy atom. The summed E-state index contributed by atoms with van der Waals surface area (Å²) < 4.78 is 5.19. The monoisotopic (exact) mass is 284 g/mol. The molecule has 0 spiro atoms. The van der Waals surface area contributed by atoms with Gasteiger partial charge in [0, 0.05) is 5.56 Å². The molecule has 0 radical (unpaired) electrons. The maximum absolute atomic E-state index is 11.7. The Bertz CT molecular complexity index is 611. The first-order chi connectivity index (χ1) is 9.83. The molecule has 4 heteroatoms. The van der Waals surface area contributed by atoms with Crippen molar-refractivity contribution < 1.29 is 9.53 Å². The number of nitrogens with zero attached hydrogens (tertiary/aromatic N) is 1. The fourth-order valence-electron chi connectivity index (χ4n) is 1.78. The van der Waals surface area contributed by atoms with Crippen molar-refractivity contribution in [1.82, 2.24) is 4.98 Å². The average molecular weight is 284 g/mol. The summed E-state index contributed by atoms with van der Waals surface area (Å²) in [4.78, 5) is 16.0. The molecule has 1 aromatic carbocycles. The van der Waals surface area contributed by atoms with Gasteiger partial charge in [-0.2, -0.15) is 0 Å². The molecule has 21 heavy (non-hydrogen) atoms. The molecule has 0 saturated carbocycles. The van der Waals surface area contributed by atoms with Crippen LogP contribution in [0, 0.1) is 6.92 Å². The van der Waals surface area contributed by atoms with E-state index in [1.807, 2.05) is 64.1 Å². The van der Waals surface area contributed by atoms with Crippen LogP contribution in [0.5, 0.6) is 0 Å². The molecule has 2 aromatic rings. The molecule has 1 amide bonds. The first-order valence-corrected chi connectivity index (χ1v) is 6.86. The highest BCUT2D eigenvalue weighted by atomic mass is 16.6. The molecule has 0 atom stereocenters. The second kappa shape index (κ2) is 5.95. The molecule has 0 aliphatic carbocycles. The van der Waals surface area contributed by atoms with Crippen LogP contribution in [0.25, 0.3) is 11.3 Å². The standard InChI is InChI=1S/C17H20N2O2/c1-12-5-7-13(8-6-12)15-10-9-14(11-18-15)19-16(20)21-17(2,3)4/h5-11H,1-4H3,(H,19,20). The molecule has 0 aliphatic heterocycles. The van der Waals surface area contributed by atoms with Gasteiger partial charge in [0.15, 0.2) is 0 Å². The zero-order valence-electron chi connectivity index (χ0n) is 12.8. The molecule has 0 unspecified atom stereocenters. The van der Waals surface area contributed by atoms with Gasteiger partial charge in [0.2, 0.25) is 0 Å². The van der Waals surface area contributed by atoms with E-state index >= 15 is 0 Å². The quantitative estimate of drug-likeness (QED) is 0.889. The highest BCUT2D eigenvalue weighted by Gasteiger charge is 2.16. The number of carbonyl (C=O) groups is 1. The minimum absolute atomic E-state index is 0.479. The van der Waals surface area contributed by atoms with E-state index in [-0.39, 0.29) is 0 Å². The number of aryl methyl sites for hydroxylation is 1. The van der Waals surface area contributed by atoms with Crippen LogP contribution in [0.15, 0.2) is 42.6 Å². The molecule has 1 heterocycles. The van der Waals surface area contributed by atoms with Gasteiger partial charge in [-0.3, -0.25) is 10.3 Å². The molecule has 0 saturated heterocycles. The summed E-state index contributed by atoms with van der Waals surface area (Å²) in [6.07, 6.45) is 1.14. The SMILES string of the molecule is Cc1ccc(-c2ccc(NC(=O)OC(C)(C)C)cn2)cc1. The summed E-state index contributed by atoms with van der Waals surface area (Å²) in [5, 5.41) is 2.66. The van der Waals surface area contributed by atoms with Crippen molar-refractivity contribution in [3.05, 3.63) is 48.2 Å². The number of carbonyl (C=O) groups excluding carboxylic acids is 1. The van der Waals surface area contributed by atoms with Gasteiger partial charge >= 0.3 is 6.09 Å². The zero-order chi connectivity index (χ0) is 15.5. The maximum atomic E-state index is 11.7. The molecule has 1 aromatic heterocycles. The third kappa shape index (κ3) is 4.60. The Hall–Kier alpha value is -2.36. The number of nitrogens with one attached hydrogen (secondary N) is 1. The second-order valence-corrected chi connectivity index (χ2v) is 5.93. The van der Waals surface area contributed by atoms with Crippen molar-refractivity contribution in [2.75, 3.05) is 5.32 Å². The molecule has 110 valence electrons. The van der Waals surface area contributed by atoms with Gasteiger partial charge in [-0.1, -0.05) is 29.8 Å². The predicted octanol–water partition coefficient (Wildman–Crippen LogP) is 4.40. The fourth-order valence-corrected chi connectivity index (χ4v) is 1.78. The average Bonchev–Trinajstić information content (AvgIpc) is 2.38. The number of anilines is 1. The largest absolute Gasteiger partial charge is 0.444 e. The number of hydrogen-bond acceptors (Lipinski definition) is 3. The van der Waals surface area contributed by atoms with Crippen molar-refractivity contribution in [3.8, 4) is 11.3 Å². The van der Waals surface area contributed by atoms with Gasteiger partial charge in [0.25, 0.3) is 0 Å². The molecular formula is C17H20N2O2. The van der Waals surface area contributed by atoms with Crippen molar-refractivity contribution in [2.24, 2.45) is 0 Å². The van der Waals surface area contributed by atoms with E-state index in [9.17, 15) is 4.79 Å². The van der Waals surface area contributed by atoms with Crippen LogP contribution < -0.4 is 5.32 Å². The van der Waals surface area contributed by atoms with Gasteiger partial charge in [-0.05, 0) is 39.8 Å². The highest BCUT2D eigenvalue weighted by Crippen LogP contribution is 2.19. The van der Waals surface area contributed by atoms with Crippen LogP contribution in [0.2, 0.25) is 0 Å². The Labute approximate surface area is 125 Å². The minimum Gasteiger partial charge on any atom is -0.444 e. The Morgan fingerprint density at radius 3 is 2.29 bits per heavy atom. The molecule has 0 fully saturated rings. The molecule has 4 nitrogen and oxygen atoms in total. The first kappa shape index (κ1) is 15.0. The summed E-state index contributed by atoms with van der Waals surface area (Å²) in [5.41, 5.74) is 3.22. The van der Waals surface area contributed by atoms with Crippen molar-refractivity contribution in [1.29, 1.82) is 0 Å². The zero-order valence-corrected chi connectivity index (χ0v) is 12.8. The molecule has 0 bridgehead atoms. The van der Waals surface area contributed by atoms with Crippen LogP contribution in [0.3, 0.4) is 0 Å². The van der Waals surface area contributed by atoms with Crippen molar-refractivity contribution >= 4 is 11.8 Å². The first-order valence-electron chi connectivity index (χ1n) is 6.86. The topological polar surface area (TPSA) is 51.2 Å². The van der Waals surface area contributed by atoms with E-state index in [0.29, 0.717) is 5.69 Å². The van der Waals surface area contributed by atoms with Crippen LogP contribution >= 0.6 is 0 Å². The number of hydrogen-bond donors (Lipinski definition) is 1. The summed E-state index contributed by atoms with van der Waals surface area (Å²) in [6, 6.07) is 11.8. The van der Waals surface area contributed by atoms with Crippen LogP contribution in [0.1, 0.15) is 26.3 Å². The lowest BCUT2D eigenvalue weighted by Gasteiger charge is -2.19. The fraction of sp³-hybridized carbons (Fsp3) is 0.294. The smallest absolute Gasteiger partial charge is 0.412 e. The Morgan fingerprint density at radius 1 is 1.10 bits per heavy atom. The molecule has 1 N–H and O–H groups in total. The lowest BCUT2D eigenvalue weighted by Crippen LogP contribution is -2.27. The van der Waals surface area contributed by atoms with E-state index in [4.69, 9.17) is 4.74 Å². The lowest BCUT2D eigenvalue weighted by atomic mass is 10.1. The number of rotatable bonds is 2. The van der Waals surface area contributed by atoms with Gasteiger partial charge in [-0.15, -0.1) is 0 Å². The van der Waals surface area contributed by atoms with Crippen LogP contribution in [-0.2, 0) is 4.74 Å². The predicted molar refractivity (Wildman–Crippen MR) is 84.3 cm³/mol. The Kier molecular flexibility index (Phi) is 4.26. The van der Waals surface area contributed by atoms with Gasteiger partial charge in [0.05, 0.1) is 17.6 Å². The van der Waals surface area contributed by atoms with Gasteiger partial charge in [0.1, 0.15) is 5.60 Å². The van der Waals surface area contributed by atoms with E-state index in [1.165, 1.54) is 5.56 Å². The van der Waals surface area contributed by atoms with Crippen LogP contribution in [0.4, 0.5) is 10.5 Å². The molecule has 0 aliphatic rings. The summed E-state index contributed by atoms with van der Waals surface area (Å²) >= 11 is 0. The third-order valence-corrected chi connectivity index (χ3v) is 2.76. The van der Waals surface area contributed by atoms with E-state index < -0.39 is 11.7 Å². The van der Waals surface area contributed by atoms with E-state index in [2.05, 4.69) is 10.3 Å². The number of aromatic nitrogens is 1.